The van der Waals surface area contributed by atoms with Crippen LogP contribution in [-0.2, 0) is 0 Å². The summed E-state index contributed by atoms with van der Waals surface area (Å²) in [5.74, 6) is 0.538. The first-order valence-electron chi connectivity index (χ1n) is 7.96. The standard InChI is InChI=1S/C22H21/c1-3-17(2)21-15-14-20(18-10-6-4-7-11-18)16-22(21)19-12-8-5-9-13-19/h4-15,17H,3H2,1-2H3. The van der Waals surface area contributed by atoms with Gasteiger partial charge in [-0.2, -0.15) is 0 Å². The highest BCUT2D eigenvalue weighted by atomic mass is 14.2. The van der Waals surface area contributed by atoms with Gasteiger partial charge in [0.25, 0.3) is 0 Å². The van der Waals surface area contributed by atoms with Crippen LogP contribution in [0.25, 0.3) is 22.3 Å². The van der Waals surface area contributed by atoms with Gasteiger partial charge >= 0.3 is 0 Å². The lowest BCUT2D eigenvalue weighted by Crippen LogP contribution is -1.96. The first-order valence-corrected chi connectivity index (χ1v) is 7.96. The average Bonchev–Trinajstić information content (AvgIpc) is 2.62. The van der Waals surface area contributed by atoms with Crippen LogP contribution in [0.1, 0.15) is 31.7 Å². The molecule has 1 atom stereocenters. The fourth-order valence-corrected chi connectivity index (χ4v) is 2.77. The molecule has 3 aromatic rings. The molecule has 3 aromatic carbocycles. The first-order chi connectivity index (χ1) is 10.8. The van der Waals surface area contributed by atoms with Gasteiger partial charge in [0.1, 0.15) is 0 Å². The Labute approximate surface area is 133 Å². The average molecular weight is 285 g/mol. The quantitative estimate of drug-likeness (QED) is 0.525. The molecule has 109 valence electrons. The van der Waals surface area contributed by atoms with E-state index in [1.807, 2.05) is 0 Å². The fraction of sp³-hybridized carbons (Fsp3) is 0.182. The molecule has 0 saturated heterocycles. The third-order valence-corrected chi connectivity index (χ3v) is 4.27. The maximum atomic E-state index is 3.66. The van der Waals surface area contributed by atoms with Crippen molar-refractivity contribution >= 4 is 0 Å². The second-order valence-electron chi connectivity index (χ2n) is 5.74. The van der Waals surface area contributed by atoms with Crippen molar-refractivity contribution in [2.24, 2.45) is 0 Å². The van der Waals surface area contributed by atoms with Crippen LogP contribution in [0.5, 0.6) is 0 Å². The predicted octanol–water partition coefficient (Wildman–Crippen LogP) is 6.33. The Morgan fingerprint density at radius 2 is 1.36 bits per heavy atom. The summed E-state index contributed by atoms with van der Waals surface area (Å²) in [5.41, 5.74) is 6.24. The van der Waals surface area contributed by atoms with Crippen LogP contribution < -0.4 is 0 Å². The van der Waals surface area contributed by atoms with E-state index in [-0.39, 0.29) is 0 Å². The summed E-state index contributed by atoms with van der Waals surface area (Å²) in [7, 11) is 0. The van der Waals surface area contributed by atoms with Gasteiger partial charge in [-0.15, -0.1) is 0 Å². The Morgan fingerprint density at radius 3 is 1.95 bits per heavy atom. The van der Waals surface area contributed by atoms with E-state index >= 15 is 0 Å². The minimum absolute atomic E-state index is 0.538. The van der Waals surface area contributed by atoms with Gasteiger partial charge in [-0.25, -0.2) is 0 Å². The van der Waals surface area contributed by atoms with Crippen molar-refractivity contribution in [1.29, 1.82) is 0 Å². The third kappa shape index (κ3) is 2.96. The smallest absolute Gasteiger partial charge is 0.00114 e. The largest absolute Gasteiger partial charge is 0.0648 e. The maximum absolute atomic E-state index is 3.66. The van der Waals surface area contributed by atoms with Crippen molar-refractivity contribution in [3.63, 3.8) is 0 Å². The molecule has 0 aliphatic rings. The van der Waals surface area contributed by atoms with E-state index in [2.05, 4.69) is 92.7 Å². The molecule has 0 heteroatoms. The van der Waals surface area contributed by atoms with Gasteiger partial charge < -0.3 is 0 Å². The SMILES string of the molecule is CCC(C)c1ccc(-c2ccccc2)[c]c1-c1ccccc1. The second kappa shape index (κ2) is 6.62. The number of benzene rings is 3. The van der Waals surface area contributed by atoms with Crippen molar-refractivity contribution in [3.05, 3.63) is 84.4 Å². The molecular weight excluding hydrogens is 264 g/mol. The molecule has 1 radical (unpaired) electrons. The Hall–Kier alpha value is -2.34. The van der Waals surface area contributed by atoms with Crippen LogP contribution in [0.4, 0.5) is 0 Å². The third-order valence-electron chi connectivity index (χ3n) is 4.27. The molecule has 0 fully saturated rings. The molecule has 0 amide bonds. The van der Waals surface area contributed by atoms with E-state index in [0.29, 0.717) is 5.92 Å². The molecule has 1 unspecified atom stereocenters. The zero-order valence-electron chi connectivity index (χ0n) is 13.2. The Kier molecular flexibility index (Phi) is 4.39. The summed E-state index contributed by atoms with van der Waals surface area (Å²) in [6, 6.07) is 29.2. The van der Waals surface area contributed by atoms with Crippen LogP contribution in [0.3, 0.4) is 0 Å². The van der Waals surface area contributed by atoms with Crippen LogP contribution in [0.2, 0.25) is 0 Å². The summed E-state index contributed by atoms with van der Waals surface area (Å²) < 4.78 is 0. The topological polar surface area (TPSA) is 0 Å². The number of rotatable bonds is 4. The van der Waals surface area contributed by atoms with Crippen LogP contribution in [0.15, 0.2) is 72.8 Å². The van der Waals surface area contributed by atoms with E-state index in [9.17, 15) is 0 Å². The summed E-state index contributed by atoms with van der Waals surface area (Å²) >= 11 is 0. The molecule has 22 heavy (non-hydrogen) atoms. The first kappa shape index (κ1) is 14.6. The minimum Gasteiger partial charge on any atom is -0.0648 e. The highest BCUT2D eigenvalue weighted by molar-refractivity contribution is 5.75. The Bertz CT molecular complexity index is 727. The fourth-order valence-electron chi connectivity index (χ4n) is 2.77. The van der Waals surface area contributed by atoms with E-state index < -0.39 is 0 Å². The summed E-state index contributed by atoms with van der Waals surface area (Å²) in [4.78, 5) is 0. The Balaban J connectivity index is 2.15. The van der Waals surface area contributed by atoms with Crippen molar-refractivity contribution < 1.29 is 0 Å². The molecule has 0 nitrogen and oxygen atoms in total. The van der Waals surface area contributed by atoms with Crippen molar-refractivity contribution in [1.82, 2.24) is 0 Å². The number of hydrogen-bond acceptors (Lipinski definition) is 0. The molecule has 0 aliphatic carbocycles. The Morgan fingerprint density at radius 1 is 0.773 bits per heavy atom. The second-order valence-corrected chi connectivity index (χ2v) is 5.74. The molecule has 0 aromatic heterocycles. The predicted molar refractivity (Wildman–Crippen MR) is 94.9 cm³/mol. The van der Waals surface area contributed by atoms with Crippen molar-refractivity contribution in [2.45, 2.75) is 26.2 Å². The highest BCUT2D eigenvalue weighted by Gasteiger charge is 2.12. The highest BCUT2D eigenvalue weighted by Crippen LogP contribution is 2.34. The zero-order valence-corrected chi connectivity index (χ0v) is 13.2. The number of hydrogen-bond donors (Lipinski definition) is 0. The van der Waals surface area contributed by atoms with E-state index in [1.54, 1.807) is 0 Å². The monoisotopic (exact) mass is 285 g/mol. The van der Waals surface area contributed by atoms with Crippen LogP contribution >= 0.6 is 0 Å². The van der Waals surface area contributed by atoms with Gasteiger partial charge in [-0.1, -0.05) is 86.6 Å². The van der Waals surface area contributed by atoms with Gasteiger partial charge in [-0.3, -0.25) is 0 Å². The van der Waals surface area contributed by atoms with Crippen LogP contribution in [0, 0.1) is 6.07 Å². The zero-order chi connectivity index (χ0) is 15.4. The van der Waals surface area contributed by atoms with Crippen molar-refractivity contribution in [3.8, 4) is 22.3 Å². The van der Waals surface area contributed by atoms with E-state index in [1.165, 1.54) is 22.3 Å². The normalized spacial score (nSPS) is 12.1. The minimum atomic E-state index is 0.538. The van der Waals surface area contributed by atoms with E-state index in [0.717, 1.165) is 12.0 Å². The molecule has 0 spiro atoms. The summed E-state index contributed by atoms with van der Waals surface area (Å²) in [5, 5.41) is 0. The van der Waals surface area contributed by atoms with Gasteiger partial charge in [0, 0.05) is 0 Å². The molecule has 0 saturated carbocycles. The van der Waals surface area contributed by atoms with Gasteiger partial charge in [0.05, 0.1) is 0 Å². The summed E-state index contributed by atoms with van der Waals surface area (Å²) in [6.07, 6.45) is 1.14. The lowest BCUT2D eigenvalue weighted by Gasteiger charge is -2.16. The lowest BCUT2D eigenvalue weighted by molar-refractivity contribution is 0.735. The molecule has 0 aliphatic heterocycles. The maximum Gasteiger partial charge on any atom is -0.00114 e. The van der Waals surface area contributed by atoms with Crippen molar-refractivity contribution in [2.75, 3.05) is 0 Å². The molecule has 0 N–H and O–H groups in total. The molecular formula is C22H21. The molecule has 0 bridgehead atoms. The lowest BCUT2D eigenvalue weighted by atomic mass is 9.88. The molecule has 3 rings (SSSR count). The van der Waals surface area contributed by atoms with Gasteiger partial charge in [0.15, 0.2) is 0 Å². The summed E-state index contributed by atoms with van der Waals surface area (Å²) in [6.45, 7) is 4.53. The van der Waals surface area contributed by atoms with Gasteiger partial charge in [-0.05, 0) is 46.2 Å². The van der Waals surface area contributed by atoms with Crippen LogP contribution in [-0.4, -0.2) is 0 Å². The van der Waals surface area contributed by atoms with E-state index in [4.69, 9.17) is 0 Å². The molecule has 0 heterocycles. The van der Waals surface area contributed by atoms with Gasteiger partial charge in [0.2, 0.25) is 0 Å².